The molecular formula is C18H21N3O2S. The highest BCUT2D eigenvalue weighted by molar-refractivity contribution is 7.16. The molecule has 0 spiro atoms. The van der Waals surface area contributed by atoms with Gasteiger partial charge in [-0.1, -0.05) is 12.1 Å². The fourth-order valence-electron chi connectivity index (χ4n) is 3.64. The summed E-state index contributed by atoms with van der Waals surface area (Å²) in [5.41, 5.74) is 0.973. The Bertz CT molecular complexity index is 737. The third-order valence-electron chi connectivity index (χ3n) is 5.02. The minimum Gasteiger partial charge on any atom is -0.497 e. The van der Waals surface area contributed by atoms with Crippen LogP contribution < -0.4 is 10.1 Å². The number of fused-ring (bicyclic) bond motifs is 3. The van der Waals surface area contributed by atoms with Gasteiger partial charge >= 0.3 is 0 Å². The Balaban J connectivity index is 1.47. The van der Waals surface area contributed by atoms with E-state index in [-0.39, 0.29) is 11.9 Å². The molecular weight excluding hydrogens is 322 g/mol. The standard InChI is InChI=1S/C18H21N3O2S/c1-23-14-4-2-3-13(9-14)18-19-10-16(24-18)17(22)20-15-11-21-7-5-12(15)6-8-21/h2-4,9-10,12,15H,5-8,11H2,1H3,(H,20,22)/t15-/m0/s1. The second-order valence-corrected chi connectivity index (χ2v) is 7.51. The van der Waals surface area contributed by atoms with E-state index in [0.29, 0.717) is 10.8 Å². The summed E-state index contributed by atoms with van der Waals surface area (Å²) < 4.78 is 5.25. The normalized spacial score (nSPS) is 25.5. The molecule has 2 bridgehead atoms. The summed E-state index contributed by atoms with van der Waals surface area (Å²) in [6.07, 6.45) is 4.07. The van der Waals surface area contributed by atoms with Crippen LogP contribution in [-0.4, -0.2) is 48.6 Å². The lowest BCUT2D eigenvalue weighted by Gasteiger charge is -2.44. The molecule has 2 aromatic rings. The minimum atomic E-state index is 0.000367. The molecule has 5 nitrogen and oxygen atoms in total. The maximum absolute atomic E-state index is 12.6. The Morgan fingerprint density at radius 3 is 2.92 bits per heavy atom. The van der Waals surface area contributed by atoms with E-state index in [4.69, 9.17) is 4.74 Å². The first-order valence-corrected chi connectivity index (χ1v) is 9.18. The SMILES string of the molecule is COc1cccc(-c2ncc(C(=O)N[C@H]3CN4CCC3CC4)s2)c1. The zero-order valence-corrected chi connectivity index (χ0v) is 14.5. The molecule has 3 saturated heterocycles. The molecule has 3 aliphatic rings. The number of aromatic nitrogens is 1. The number of benzene rings is 1. The Labute approximate surface area is 145 Å². The highest BCUT2D eigenvalue weighted by atomic mass is 32.1. The van der Waals surface area contributed by atoms with Crippen LogP contribution >= 0.6 is 11.3 Å². The fraction of sp³-hybridized carbons (Fsp3) is 0.444. The van der Waals surface area contributed by atoms with Crippen molar-refractivity contribution in [3.8, 4) is 16.3 Å². The van der Waals surface area contributed by atoms with Crippen LogP contribution in [0.2, 0.25) is 0 Å². The van der Waals surface area contributed by atoms with Gasteiger partial charge in [-0.2, -0.15) is 0 Å². The molecule has 4 heterocycles. The van der Waals surface area contributed by atoms with Gasteiger partial charge in [0.1, 0.15) is 15.6 Å². The van der Waals surface area contributed by atoms with E-state index in [1.54, 1.807) is 13.3 Å². The van der Waals surface area contributed by atoms with Crippen LogP contribution in [0.15, 0.2) is 30.5 Å². The van der Waals surface area contributed by atoms with Crippen molar-refractivity contribution in [2.75, 3.05) is 26.7 Å². The lowest BCUT2D eigenvalue weighted by atomic mass is 9.84. The van der Waals surface area contributed by atoms with E-state index in [0.717, 1.165) is 22.9 Å². The average molecular weight is 343 g/mol. The summed E-state index contributed by atoms with van der Waals surface area (Å²) in [6.45, 7) is 3.34. The second kappa shape index (κ2) is 6.53. The number of ether oxygens (including phenoxy) is 1. The smallest absolute Gasteiger partial charge is 0.263 e. The number of rotatable bonds is 4. The second-order valence-electron chi connectivity index (χ2n) is 6.48. The van der Waals surface area contributed by atoms with E-state index < -0.39 is 0 Å². The van der Waals surface area contributed by atoms with Crippen LogP contribution in [0.4, 0.5) is 0 Å². The van der Waals surface area contributed by atoms with Gasteiger partial charge in [-0.3, -0.25) is 4.79 Å². The number of nitrogens with one attached hydrogen (secondary N) is 1. The summed E-state index contributed by atoms with van der Waals surface area (Å²) in [4.78, 5) is 20.1. The highest BCUT2D eigenvalue weighted by Crippen LogP contribution is 2.30. The largest absolute Gasteiger partial charge is 0.497 e. The van der Waals surface area contributed by atoms with Crippen LogP contribution in [0.25, 0.3) is 10.6 Å². The van der Waals surface area contributed by atoms with E-state index in [9.17, 15) is 4.79 Å². The predicted octanol–water partition coefficient (Wildman–Crippen LogP) is 2.64. The molecule has 3 fully saturated rings. The molecule has 6 heteroatoms. The van der Waals surface area contributed by atoms with Gasteiger partial charge in [0.05, 0.1) is 13.3 Å². The molecule has 1 N–H and O–H groups in total. The quantitative estimate of drug-likeness (QED) is 0.927. The van der Waals surface area contributed by atoms with E-state index in [2.05, 4.69) is 15.2 Å². The summed E-state index contributed by atoms with van der Waals surface area (Å²) in [6, 6.07) is 8.03. The number of methoxy groups -OCH3 is 1. The summed E-state index contributed by atoms with van der Waals surface area (Å²) in [5.74, 6) is 1.42. The Hall–Kier alpha value is -1.92. The van der Waals surface area contributed by atoms with Gasteiger partial charge < -0.3 is 15.0 Å². The lowest BCUT2D eigenvalue weighted by Crippen LogP contribution is -2.57. The molecule has 0 unspecified atom stereocenters. The van der Waals surface area contributed by atoms with Crippen molar-refractivity contribution < 1.29 is 9.53 Å². The third-order valence-corrected chi connectivity index (χ3v) is 6.06. The Morgan fingerprint density at radius 1 is 1.38 bits per heavy atom. The number of hydrogen-bond acceptors (Lipinski definition) is 5. The summed E-state index contributed by atoms with van der Waals surface area (Å²) in [5, 5.41) is 4.06. The maximum Gasteiger partial charge on any atom is 0.263 e. The van der Waals surface area contributed by atoms with Gasteiger partial charge in [0, 0.05) is 18.2 Å². The van der Waals surface area contributed by atoms with Crippen molar-refractivity contribution in [3.63, 3.8) is 0 Å². The molecule has 3 aliphatic heterocycles. The first-order valence-electron chi connectivity index (χ1n) is 8.36. The summed E-state index contributed by atoms with van der Waals surface area (Å²) >= 11 is 1.43. The number of amides is 1. The number of thiazole rings is 1. The van der Waals surface area contributed by atoms with E-state index in [1.807, 2.05) is 24.3 Å². The zero-order chi connectivity index (χ0) is 16.5. The van der Waals surface area contributed by atoms with Crippen molar-refractivity contribution in [3.05, 3.63) is 35.3 Å². The number of hydrogen-bond donors (Lipinski definition) is 1. The molecule has 1 amide bonds. The van der Waals surface area contributed by atoms with E-state index in [1.165, 1.54) is 37.3 Å². The van der Waals surface area contributed by atoms with Gasteiger partial charge in [0.25, 0.3) is 5.91 Å². The first kappa shape index (κ1) is 15.6. The van der Waals surface area contributed by atoms with E-state index >= 15 is 0 Å². The van der Waals surface area contributed by atoms with Gasteiger partial charge in [0.15, 0.2) is 0 Å². The first-order chi connectivity index (χ1) is 11.7. The van der Waals surface area contributed by atoms with Crippen molar-refractivity contribution in [1.29, 1.82) is 0 Å². The molecule has 1 atom stereocenters. The molecule has 0 aliphatic carbocycles. The Kier molecular flexibility index (Phi) is 4.24. The molecule has 0 radical (unpaired) electrons. The number of carbonyl (C=O) groups is 1. The van der Waals surface area contributed by atoms with Crippen molar-refractivity contribution in [1.82, 2.24) is 15.2 Å². The molecule has 5 rings (SSSR count). The average Bonchev–Trinajstić information content (AvgIpc) is 3.13. The summed E-state index contributed by atoms with van der Waals surface area (Å²) in [7, 11) is 1.65. The van der Waals surface area contributed by atoms with Crippen molar-refractivity contribution in [2.24, 2.45) is 5.92 Å². The Morgan fingerprint density at radius 2 is 2.21 bits per heavy atom. The van der Waals surface area contributed by atoms with Gasteiger partial charge in [-0.05, 0) is 44.0 Å². The monoisotopic (exact) mass is 343 g/mol. The fourth-order valence-corrected chi connectivity index (χ4v) is 4.45. The van der Waals surface area contributed by atoms with Crippen molar-refractivity contribution >= 4 is 17.2 Å². The van der Waals surface area contributed by atoms with Crippen LogP contribution in [0, 0.1) is 5.92 Å². The number of piperidine rings is 3. The molecule has 0 saturated carbocycles. The predicted molar refractivity (Wildman–Crippen MR) is 94.5 cm³/mol. The third kappa shape index (κ3) is 3.03. The molecule has 1 aromatic carbocycles. The van der Waals surface area contributed by atoms with Crippen LogP contribution in [0.1, 0.15) is 22.5 Å². The van der Waals surface area contributed by atoms with Gasteiger partial charge in [0.2, 0.25) is 0 Å². The van der Waals surface area contributed by atoms with Crippen molar-refractivity contribution in [2.45, 2.75) is 18.9 Å². The minimum absolute atomic E-state index is 0.000367. The lowest BCUT2D eigenvalue weighted by molar-refractivity contribution is 0.0622. The topological polar surface area (TPSA) is 54.5 Å². The van der Waals surface area contributed by atoms with Crippen LogP contribution in [-0.2, 0) is 0 Å². The molecule has 1 aromatic heterocycles. The molecule has 126 valence electrons. The molecule has 24 heavy (non-hydrogen) atoms. The van der Waals surface area contributed by atoms with Crippen LogP contribution in [0.5, 0.6) is 5.75 Å². The number of nitrogens with zero attached hydrogens (tertiary/aromatic N) is 2. The zero-order valence-electron chi connectivity index (χ0n) is 13.7. The van der Waals surface area contributed by atoms with Crippen LogP contribution in [0.3, 0.4) is 0 Å². The van der Waals surface area contributed by atoms with Gasteiger partial charge in [-0.15, -0.1) is 11.3 Å². The van der Waals surface area contributed by atoms with Gasteiger partial charge in [-0.25, -0.2) is 4.98 Å². The maximum atomic E-state index is 12.6. The highest BCUT2D eigenvalue weighted by Gasteiger charge is 2.35. The number of carbonyl (C=O) groups excluding carboxylic acids is 1.